The van der Waals surface area contributed by atoms with Crippen LogP contribution in [0.25, 0.3) is 10.2 Å². The molecule has 3 rings (SSSR count). The molecule has 7 heteroatoms. The van der Waals surface area contributed by atoms with Crippen LogP contribution in [0.15, 0.2) is 35.3 Å². The number of hydrogen-bond acceptors (Lipinski definition) is 4. The van der Waals surface area contributed by atoms with E-state index in [-0.39, 0.29) is 5.91 Å². The molecule has 0 saturated heterocycles. The molecule has 2 aromatic heterocycles. The lowest BCUT2D eigenvalue weighted by Crippen LogP contribution is -2.16. The Morgan fingerprint density at radius 2 is 2.21 bits per heavy atom. The molecule has 4 nitrogen and oxygen atoms in total. The van der Waals surface area contributed by atoms with Gasteiger partial charge in [0.15, 0.2) is 4.80 Å². The first-order chi connectivity index (χ1) is 11.6. The summed E-state index contributed by atoms with van der Waals surface area (Å²) in [6, 6.07) is 9.10. The zero-order valence-electron chi connectivity index (χ0n) is 12.8. The van der Waals surface area contributed by atoms with Crippen LogP contribution in [0.3, 0.4) is 0 Å². The van der Waals surface area contributed by atoms with Crippen LogP contribution >= 0.6 is 34.3 Å². The van der Waals surface area contributed by atoms with Gasteiger partial charge >= 0.3 is 0 Å². The second-order valence-corrected chi connectivity index (χ2v) is 7.48. The van der Waals surface area contributed by atoms with Gasteiger partial charge in [-0.2, -0.15) is 4.99 Å². The van der Waals surface area contributed by atoms with Gasteiger partial charge in [-0.1, -0.05) is 28.9 Å². The fourth-order valence-electron chi connectivity index (χ4n) is 2.21. The van der Waals surface area contributed by atoms with Gasteiger partial charge in [-0.15, -0.1) is 17.8 Å². The van der Waals surface area contributed by atoms with E-state index in [1.807, 2.05) is 29.7 Å². The van der Waals surface area contributed by atoms with Crippen molar-refractivity contribution in [3.63, 3.8) is 0 Å². The van der Waals surface area contributed by atoms with Crippen LogP contribution in [0, 0.1) is 12.3 Å². The lowest BCUT2D eigenvalue weighted by molar-refractivity contribution is 0.100. The van der Waals surface area contributed by atoms with Gasteiger partial charge in [0, 0.05) is 0 Å². The van der Waals surface area contributed by atoms with E-state index in [2.05, 4.69) is 10.9 Å². The summed E-state index contributed by atoms with van der Waals surface area (Å²) >= 11 is 8.49. The van der Waals surface area contributed by atoms with E-state index in [1.165, 1.54) is 22.7 Å². The Balaban J connectivity index is 2.11. The van der Waals surface area contributed by atoms with Gasteiger partial charge in [0.1, 0.15) is 5.75 Å². The van der Waals surface area contributed by atoms with Crippen LogP contribution in [0.4, 0.5) is 0 Å². The van der Waals surface area contributed by atoms with Crippen molar-refractivity contribution in [3.8, 4) is 18.1 Å². The van der Waals surface area contributed by atoms with Crippen molar-refractivity contribution in [2.75, 3.05) is 6.61 Å². The van der Waals surface area contributed by atoms with Crippen LogP contribution in [-0.2, 0) is 6.54 Å². The first-order valence-corrected chi connectivity index (χ1v) is 9.17. The van der Waals surface area contributed by atoms with Crippen molar-refractivity contribution in [1.29, 1.82) is 0 Å². The van der Waals surface area contributed by atoms with E-state index < -0.39 is 0 Å². The molecule has 0 N–H and O–H groups in total. The minimum Gasteiger partial charge on any atom is -0.494 e. The maximum absolute atomic E-state index is 12.3. The number of ether oxygens (including phenoxy) is 1. The third kappa shape index (κ3) is 3.39. The number of carbonyl (C=O) groups excluding carboxylic acids is 1. The maximum atomic E-state index is 12.3. The molecule has 0 spiro atoms. The number of carbonyl (C=O) groups is 1. The van der Waals surface area contributed by atoms with Gasteiger partial charge in [0.05, 0.1) is 32.6 Å². The molecule has 0 unspecified atom stereocenters. The van der Waals surface area contributed by atoms with Crippen molar-refractivity contribution < 1.29 is 9.53 Å². The van der Waals surface area contributed by atoms with E-state index in [1.54, 1.807) is 12.1 Å². The Labute approximate surface area is 152 Å². The monoisotopic (exact) mass is 376 g/mol. The van der Waals surface area contributed by atoms with E-state index in [0.29, 0.717) is 27.2 Å². The molecule has 1 aromatic carbocycles. The number of terminal acetylenes is 1. The number of halogens is 1. The molecule has 0 saturated carbocycles. The zero-order valence-corrected chi connectivity index (χ0v) is 15.2. The van der Waals surface area contributed by atoms with E-state index >= 15 is 0 Å². The minimum absolute atomic E-state index is 0.325. The first kappa shape index (κ1) is 16.8. The number of benzene rings is 1. The Hall–Kier alpha value is -2.07. The molecular formula is C17H13ClN2O2S2. The van der Waals surface area contributed by atoms with Gasteiger partial charge in [-0.25, -0.2) is 0 Å². The van der Waals surface area contributed by atoms with Crippen LogP contribution in [0.5, 0.6) is 5.75 Å². The van der Waals surface area contributed by atoms with Crippen molar-refractivity contribution >= 4 is 50.4 Å². The van der Waals surface area contributed by atoms with Gasteiger partial charge in [-0.05, 0) is 37.3 Å². The largest absolute Gasteiger partial charge is 0.494 e. The number of amides is 1. The molecule has 3 aromatic rings. The summed E-state index contributed by atoms with van der Waals surface area (Å²) in [6.45, 7) is 2.87. The predicted molar refractivity (Wildman–Crippen MR) is 99.0 cm³/mol. The summed E-state index contributed by atoms with van der Waals surface area (Å²) in [5, 5.41) is 0. The van der Waals surface area contributed by atoms with Gasteiger partial charge in [-0.3, -0.25) is 4.79 Å². The molecule has 24 heavy (non-hydrogen) atoms. The highest BCUT2D eigenvalue weighted by Crippen LogP contribution is 2.24. The number of aromatic nitrogens is 1. The predicted octanol–water partition coefficient (Wildman–Crippen LogP) is 4.19. The summed E-state index contributed by atoms with van der Waals surface area (Å²) in [7, 11) is 0. The van der Waals surface area contributed by atoms with Gasteiger partial charge in [0.25, 0.3) is 5.91 Å². The average Bonchev–Trinajstić information content (AvgIpc) is 3.12. The van der Waals surface area contributed by atoms with Gasteiger partial charge < -0.3 is 9.30 Å². The van der Waals surface area contributed by atoms with Crippen LogP contribution < -0.4 is 9.54 Å². The van der Waals surface area contributed by atoms with Crippen molar-refractivity contribution in [2.24, 2.45) is 4.99 Å². The number of thiazole rings is 1. The third-order valence-electron chi connectivity index (χ3n) is 3.20. The Morgan fingerprint density at radius 3 is 2.88 bits per heavy atom. The van der Waals surface area contributed by atoms with Crippen LogP contribution in [0.2, 0.25) is 4.34 Å². The van der Waals surface area contributed by atoms with Crippen LogP contribution in [-0.4, -0.2) is 17.1 Å². The fraction of sp³-hybridized carbons (Fsp3) is 0.176. The molecule has 0 radical (unpaired) electrons. The average molecular weight is 377 g/mol. The van der Waals surface area contributed by atoms with E-state index in [0.717, 1.165) is 16.0 Å². The number of thiophene rings is 1. The highest BCUT2D eigenvalue weighted by atomic mass is 35.5. The Bertz CT molecular complexity index is 1010. The normalized spacial score (nSPS) is 11.6. The highest BCUT2D eigenvalue weighted by Gasteiger charge is 2.11. The topological polar surface area (TPSA) is 43.6 Å². The number of nitrogens with zero attached hydrogens (tertiary/aromatic N) is 2. The summed E-state index contributed by atoms with van der Waals surface area (Å²) in [5.74, 6) is 3.06. The molecule has 122 valence electrons. The summed E-state index contributed by atoms with van der Waals surface area (Å²) in [4.78, 5) is 17.6. The first-order valence-electron chi connectivity index (χ1n) is 7.16. The molecule has 1 amide bonds. The summed E-state index contributed by atoms with van der Waals surface area (Å²) in [6.07, 6.45) is 5.47. The number of hydrogen-bond donors (Lipinski definition) is 0. The lowest BCUT2D eigenvalue weighted by atomic mass is 10.3. The summed E-state index contributed by atoms with van der Waals surface area (Å²) < 4.78 is 8.90. The molecular weight excluding hydrogens is 364 g/mol. The molecule has 0 bridgehead atoms. The molecule has 0 atom stereocenters. The second kappa shape index (κ2) is 7.22. The lowest BCUT2D eigenvalue weighted by Gasteiger charge is -2.03. The number of fused-ring (bicyclic) bond motifs is 1. The maximum Gasteiger partial charge on any atom is 0.289 e. The van der Waals surface area contributed by atoms with Crippen molar-refractivity contribution in [3.05, 3.63) is 44.3 Å². The minimum atomic E-state index is -0.325. The molecule has 0 fully saturated rings. The molecule has 2 heterocycles. The molecule has 0 aliphatic carbocycles. The standard InChI is InChI=1S/C17H13ClN2O2S2/c1-3-9-20-12-6-5-11(22-4-2)10-14(12)24-17(20)19-16(21)13-7-8-15(18)23-13/h1,5-8,10H,4,9H2,2H3. The third-order valence-corrected chi connectivity index (χ3v) is 5.46. The highest BCUT2D eigenvalue weighted by molar-refractivity contribution is 7.18. The second-order valence-electron chi connectivity index (χ2n) is 4.76. The van der Waals surface area contributed by atoms with E-state index in [9.17, 15) is 4.79 Å². The Kier molecular flexibility index (Phi) is 5.05. The van der Waals surface area contributed by atoms with Crippen LogP contribution in [0.1, 0.15) is 16.6 Å². The van der Waals surface area contributed by atoms with Crippen molar-refractivity contribution in [1.82, 2.24) is 4.57 Å². The van der Waals surface area contributed by atoms with Crippen molar-refractivity contribution in [2.45, 2.75) is 13.5 Å². The van der Waals surface area contributed by atoms with Gasteiger partial charge in [0.2, 0.25) is 0 Å². The van der Waals surface area contributed by atoms with E-state index in [4.69, 9.17) is 22.8 Å². The summed E-state index contributed by atoms with van der Waals surface area (Å²) in [5.41, 5.74) is 0.928. The molecule has 0 aliphatic heterocycles. The SMILES string of the molecule is C#CCn1c(=NC(=O)c2ccc(Cl)s2)sc2cc(OCC)ccc21. The molecule has 0 aliphatic rings. The number of rotatable bonds is 4. The fourth-order valence-corrected chi connectivity index (χ4v) is 4.19. The quantitative estimate of drug-likeness (QED) is 0.641. The Morgan fingerprint density at radius 1 is 1.38 bits per heavy atom. The smallest absolute Gasteiger partial charge is 0.289 e. The zero-order chi connectivity index (χ0) is 17.1.